The number of fused-ring (bicyclic) bond motifs is 1. The molecule has 0 saturated heterocycles. The Morgan fingerprint density at radius 3 is 2.78 bits per heavy atom. The second kappa shape index (κ2) is 6.98. The normalized spacial score (nSPS) is 14.2. The molecule has 0 aliphatic carbocycles. The summed E-state index contributed by atoms with van der Waals surface area (Å²) < 4.78 is 18.4. The van der Waals surface area contributed by atoms with Gasteiger partial charge in [-0.1, -0.05) is 0 Å². The van der Waals surface area contributed by atoms with Crippen molar-refractivity contribution in [2.24, 2.45) is 0 Å². The standard InChI is InChI=1S/C17H23FN2O3/c1-17(2,3)23-16(22)19-9-8-15(21)20-10-4-5-12-11-13(18)6-7-14(12)20/h6-7,11H,4-5,8-10H2,1-3H3,(H,19,22). The number of benzene rings is 1. The van der Waals surface area contributed by atoms with Crippen molar-refractivity contribution in [1.82, 2.24) is 5.32 Å². The molecule has 1 N–H and O–H groups in total. The smallest absolute Gasteiger partial charge is 0.407 e. The highest BCUT2D eigenvalue weighted by molar-refractivity contribution is 5.94. The summed E-state index contributed by atoms with van der Waals surface area (Å²) in [6.45, 7) is 6.16. The lowest BCUT2D eigenvalue weighted by molar-refractivity contribution is -0.118. The predicted molar refractivity (Wildman–Crippen MR) is 85.9 cm³/mol. The Bertz CT molecular complexity index is 596. The summed E-state index contributed by atoms with van der Waals surface area (Å²) in [5.74, 6) is -0.377. The van der Waals surface area contributed by atoms with E-state index in [0.29, 0.717) is 6.54 Å². The van der Waals surface area contributed by atoms with Crippen LogP contribution < -0.4 is 10.2 Å². The summed E-state index contributed by atoms with van der Waals surface area (Å²) in [6, 6.07) is 4.49. The summed E-state index contributed by atoms with van der Waals surface area (Å²) >= 11 is 0. The summed E-state index contributed by atoms with van der Waals surface area (Å²) in [5.41, 5.74) is 1.05. The number of aryl methyl sites for hydroxylation is 1. The van der Waals surface area contributed by atoms with E-state index in [9.17, 15) is 14.0 Å². The van der Waals surface area contributed by atoms with Crippen LogP contribution in [0.4, 0.5) is 14.9 Å². The van der Waals surface area contributed by atoms with Gasteiger partial charge in [0.1, 0.15) is 11.4 Å². The van der Waals surface area contributed by atoms with Crippen LogP contribution in [0.3, 0.4) is 0 Å². The van der Waals surface area contributed by atoms with Gasteiger partial charge in [-0.3, -0.25) is 4.79 Å². The first-order valence-corrected chi connectivity index (χ1v) is 7.82. The van der Waals surface area contributed by atoms with E-state index in [1.165, 1.54) is 12.1 Å². The Morgan fingerprint density at radius 2 is 2.09 bits per heavy atom. The van der Waals surface area contributed by atoms with E-state index in [2.05, 4.69) is 5.32 Å². The zero-order chi connectivity index (χ0) is 17.0. The lowest BCUT2D eigenvalue weighted by atomic mass is 10.0. The van der Waals surface area contributed by atoms with Gasteiger partial charge in [-0.2, -0.15) is 0 Å². The number of hydrogen-bond acceptors (Lipinski definition) is 3. The molecule has 6 heteroatoms. The van der Waals surface area contributed by atoms with Crippen LogP contribution in [0, 0.1) is 5.82 Å². The third kappa shape index (κ3) is 4.94. The molecule has 1 aliphatic rings. The SMILES string of the molecule is CC(C)(C)OC(=O)NCCC(=O)N1CCCc2cc(F)ccc21. The highest BCUT2D eigenvalue weighted by Crippen LogP contribution is 2.28. The highest BCUT2D eigenvalue weighted by atomic mass is 19.1. The number of rotatable bonds is 3. The van der Waals surface area contributed by atoms with Crippen molar-refractivity contribution < 1.29 is 18.7 Å². The van der Waals surface area contributed by atoms with Gasteiger partial charge in [-0.15, -0.1) is 0 Å². The average molecular weight is 322 g/mol. The van der Waals surface area contributed by atoms with E-state index in [1.54, 1.807) is 31.7 Å². The van der Waals surface area contributed by atoms with Gasteiger partial charge >= 0.3 is 6.09 Å². The molecule has 0 bridgehead atoms. The van der Waals surface area contributed by atoms with Crippen LogP contribution in [-0.2, 0) is 16.0 Å². The summed E-state index contributed by atoms with van der Waals surface area (Å²) in [7, 11) is 0. The maximum absolute atomic E-state index is 13.3. The molecular formula is C17H23FN2O3. The molecule has 2 rings (SSSR count). The van der Waals surface area contributed by atoms with Gasteiger partial charge in [0, 0.05) is 25.2 Å². The average Bonchev–Trinajstić information content (AvgIpc) is 2.44. The van der Waals surface area contributed by atoms with Crippen LogP contribution in [0.25, 0.3) is 0 Å². The van der Waals surface area contributed by atoms with E-state index in [4.69, 9.17) is 4.74 Å². The van der Waals surface area contributed by atoms with E-state index >= 15 is 0 Å². The maximum atomic E-state index is 13.3. The van der Waals surface area contributed by atoms with Crippen LogP contribution in [0.1, 0.15) is 39.2 Å². The molecule has 0 atom stereocenters. The number of ether oxygens (including phenoxy) is 1. The number of nitrogens with zero attached hydrogens (tertiary/aromatic N) is 1. The van der Waals surface area contributed by atoms with Crippen molar-refractivity contribution in [3.05, 3.63) is 29.6 Å². The zero-order valence-electron chi connectivity index (χ0n) is 13.8. The van der Waals surface area contributed by atoms with Crippen molar-refractivity contribution in [3.8, 4) is 0 Å². The van der Waals surface area contributed by atoms with Gasteiger partial charge in [0.05, 0.1) is 0 Å². The van der Waals surface area contributed by atoms with Gasteiger partial charge in [0.15, 0.2) is 0 Å². The molecule has 0 spiro atoms. The largest absolute Gasteiger partial charge is 0.444 e. The molecule has 1 aliphatic heterocycles. The van der Waals surface area contributed by atoms with E-state index in [1.807, 2.05) is 0 Å². The third-order valence-corrected chi connectivity index (χ3v) is 3.47. The lowest BCUT2D eigenvalue weighted by Crippen LogP contribution is -2.39. The van der Waals surface area contributed by atoms with Gasteiger partial charge in [0.25, 0.3) is 0 Å². The molecule has 5 nitrogen and oxygen atoms in total. The molecule has 0 aromatic heterocycles. The number of hydrogen-bond donors (Lipinski definition) is 1. The Labute approximate surface area is 135 Å². The minimum absolute atomic E-state index is 0.0892. The molecule has 23 heavy (non-hydrogen) atoms. The Hall–Kier alpha value is -2.11. The van der Waals surface area contributed by atoms with Crippen molar-refractivity contribution in [2.75, 3.05) is 18.0 Å². The predicted octanol–water partition coefficient (Wildman–Crippen LogP) is 3.02. The van der Waals surface area contributed by atoms with Crippen LogP contribution in [0.2, 0.25) is 0 Å². The van der Waals surface area contributed by atoms with Crippen LogP contribution >= 0.6 is 0 Å². The summed E-state index contributed by atoms with van der Waals surface area (Å²) in [4.78, 5) is 25.6. The maximum Gasteiger partial charge on any atom is 0.407 e. The van der Waals surface area contributed by atoms with Crippen molar-refractivity contribution >= 4 is 17.7 Å². The number of nitrogens with one attached hydrogen (secondary N) is 1. The second-order valence-electron chi connectivity index (χ2n) is 6.60. The number of anilines is 1. The van der Waals surface area contributed by atoms with Crippen molar-refractivity contribution in [3.63, 3.8) is 0 Å². The number of alkyl carbamates (subject to hydrolysis) is 1. The molecule has 1 aromatic rings. The number of carbonyl (C=O) groups is 2. The third-order valence-electron chi connectivity index (χ3n) is 3.47. The number of amides is 2. The molecule has 0 unspecified atom stereocenters. The van der Waals surface area contributed by atoms with Gasteiger partial charge in [0.2, 0.25) is 5.91 Å². The number of halogens is 1. The molecule has 126 valence electrons. The molecule has 2 amide bonds. The minimum atomic E-state index is -0.566. The van der Waals surface area contributed by atoms with Gasteiger partial charge < -0.3 is 15.0 Å². The zero-order valence-corrected chi connectivity index (χ0v) is 13.8. The lowest BCUT2D eigenvalue weighted by Gasteiger charge is -2.29. The summed E-state index contributed by atoms with van der Waals surface area (Å²) in [6.07, 6.45) is 1.22. The Kier molecular flexibility index (Phi) is 5.23. The Balaban J connectivity index is 1.89. The molecule has 0 saturated carbocycles. The molecular weight excluding hydrogens is 299 g/mol. The molecule has 0 radical (unpaired) electrons. The van der Waals surface area contributed by atoms with E-state index in [-0.39, 0.29) is 24.7 Å². The van der Waals surface area contributed by atoms with Crippen molar-refractivity contribution in [1.29, 1.82) is 0 Å². The summed E-state index contributed by atoms with van der Waals surface area (Å²) in [5, 5.41) is 2.57. The topological polar surface area (TPSA) is 58.6 Å². The fraction of sp³-hybridized carbons (Fsp3) is 0.529. The quantitative estimate of drug-likeness (QED) is 0.930. The fourth-order valence-corrected chi connectivity index (χ4v) is 2.55. The first-order chi connectivity index (χ1) is 10.8. The molecule has 0 fully saturated rings. The molecule has 1 aromatic carbocycles. The van der Waals surface area contributed by atoms with Gasteiger partial charge in [-0.05, 0) is 57.4 Å². The molecule has 1 heterocycles. The van der Waals surface area contributed by atoms with Crippen LogP contribution in [0.15, 0.2) is 18.2 Å². The Morgan fingerprint density at radius 1 is 1.35 bits per heavy atom. The van der Waals surface area contributed by atoms with Crippen LogP contribution in [-0.4, -0.2) is 30.7 Å². The fourth-order valence-electron chi connectivity index (χ4n) is 2.55. The van der Waals surface area contributed by atoms with Crippen molar-refractivity contribution in [2.45, 2.75) is 45.6 Å². The first kappa shape index (κ1) is 17.2. The first-order valence-electron chi connectivity index (χ1n) is 7.82. The van der Waals surface area contributed by atoms with E-state index in [0.717, 1.165) is 24.1 Å². The van der Waals surface area contributed by atoms with Crippen LogP contribution in [0.5, 0.6) is 0 Å². The second-order valence-corrected chi connectivity index (χ2v) is 6.60. The monoisotopic (exact) mass is 322 g/mol. The minimum Gasteiger partial charge on any atom is -0.444 e. The van der Waals surface area contributed by atoms with Gasteiger partial charge in [-0.25, -0.2) is 9.18 Å². The highest BCUT2D eigenvalue weighted by Gasteiger charge is 2.23. The number of carbonyl (C=O) groups excluding carboxylic acids is 2. The van der Waals surface area contributed by atoms with E-state index < -0.39 is 11.7 Å².